The van der Waals surface area contributed by atoms with E-state index in [0.717, 1.165) is 11.4 Å². The first-order valence-corrected chi connectivity index (χ1v) is 7.02. The Morgan fingerprint density at radius 1 is 1.32 bits per heavy atom. The summed E-state index contributed by atoms with van der Waals surface area (Å²) in [5.41, 5.74) is 7.92. The number of nitrogens with zero attached hydrogens (tertiary/aromatic N) is 2. The molecule has 0 aliphatic carbocycles. The summed E-state index contributed by atoms with van der Waals surface area (Å²) < 4.78 is 24.4. The Bertz CT molecular complexity index is 721. The first-order chi connectivity index (χ1) is 8.79. The maximum absolute atomic E-state index is 11.4. The zero-order valence-electron chi connectivity index (χ0n) is 10.6. The molecule has 2 aromatic rings. The van der Waals surface area contributed by atoms with Crippen LogP contribution in [0.5, 0.6) is 0 Å². The SMILES string of the molecule is Cc1nn(C)cc1Nc1cccc(S(N)(=O)=O)c1N. The Kier molecular flexibility index (Phi) is 3.21. The largest absolute Gasteiger partial charge is 0.396 e. The fourth-order valence-corrected chi connectivity index (χ4v) is 2.45. The molecule has 0 saturated carbocycles. The third-order valence-corrected chi connectivity index (χ3v) is 3.62. The summed E-state index contributed by atoms with van der Waals surface area (Å²) in [5.74, 6) is 0. The second kappa shape index (κ2) is 4.56. The van der Waals surface area contributed by atoms with Crippen LogP contribution in [0.1, 0.15) is 5.69 Å². The molecule has 2 rings (SSSR count). The molecule has 1 aromatic heterocycles. The lowest BCUT2D eigenvalue weighted by molar-refractivity contribution is 0.598. The van der Waals surface area contributed by atoms with Crippen molar-refractivity contribution < 1.29 is 8.42 Å². The van der Waals surface area contributed by atoms with Gasteiger partial charge in [0, 0.05) is 13.2 Å². The Morgan fingerprint density at radius 3 is 2.53 bits per heavy atom. The molecule has 0 aliphatic heterocycles. The number of nitrogen functional groups attached to an aromatic ring is 1. The van der Waals surface area contributed by atoms with Crippen molar-refractivity contribution in [1.29, 1.82) is 0 Å². The lowest BCUT2D eigenvalue weighted by atomic mass is 10.2. The van der Waals surface area contributed by atoms with Gasteiger partial charge < -0.3 is 11.1 Å². The number of nitrogens with one attached hydrogen (secondary N) is 1. The van der Waals surface area contributed by atoms with Gasteiger partial charge in [0.15, 0.2) is 0 Å². The summed E-state index contributed by atoms with van der Waals surface area (Å²) in [6.07, 6.45) is 1.78. The Labute approximate surface area is 111 Å². The van der Waals surface area contributed by atoms with Crippen LogP contribution in [0.2, 0.25) is 0 Å². The number of para-hydroxylation sites is 1. The molecule has 0 saturated heterocycles. The number of sulfonamides is 1. The topological polar surface area (TPSA) is 116 Å². The smallest absolute Gasteiger partial charge is 0.240 e. The van der Waals surface area contributed by atoms with Crippen LogP contribution in [0.15, 0.2) is 29.3 Å². The Hall–Kier alpha value is -2.06. The highest BCUT2D eigenvalue weighted by molar-refractivity contribution is 7.89. The molecule has 0 amide bonds. The van der Waals surface area contributed by atoms with Crippen LogP contribution in [-0.2, 0) is 17.1 Å². The van der Waals surface area contributed by atoms with Crippen molar-refractivity contribution >= 4 is 27.1 Å². The van der Waals surface area contributed by atoms with Gasteiger partial charge in [-0.05, 0) is 19.1 Å². The first-order valence-electron chi connectivity index (χ1n) is 5.47. The van der Waals surface area contributed by atoms with Gasteiger partial charge in [0.05, 0.1) is 22.8 Å². The molecule has 0 unspecified atom stereocenters. The van der Waals surface area contributed by atoms with Crippen LogP contribution in [-0.4, -0.2) is 18.2 Å². The van der Waals surface area contributed by atoms with Crippen molar-refractivity contribution in [3.63, 3.8) is 0 Å². The van der Waals surface area contributed by atoms with E-state index in [-0.39, 0.29) is 10.6 Å². The van der Waals surface area contributed by atoms with E-state index in [4.69, 9.17) is 10.9 Å². The van der Waals surface area contributed by atoms with Crippen molar-refractivity contribution in [2.45, 2.75) is 11.8 Å². The molecule has 0 radical (unpaired) electrons. The minimum atomic E-state index is -3.84. The Morgan fingerprint density at radius 2 is 2.00 bits per heavy atom. The number of primary sulfonamides is 1. The van der Waals surface area contributed by atoms with Gasteiger partial charge in [0.25, 0.3) is 0 Å². The molecule has 102 valence electrons. The van der Waals surface area contributed by atoms with Gasteiger partial charge in [-0.2, -0.15) is 5.10 Å². The molecule has 0 bridgehead atoms. The minimum Gasteiger partial charge on any atom is -0.396 e. The molecular formula is C11H15N5O2S. The van der Waals surface area contributed by atoms with E-state index in [1.165, 1.54) is 6.07 Å². The summed E-state index contributed by atoms with van der Waals surface area (Å²) in [6.45, 7) is 1.84. The number of aryl methyl sites for hydroxylation is 2. The number of nitrogens with two attached hydrogens (primary N) is 2. The molecule has 19 heavy (non-hydrogen) atoms. The third kappa shape index (κ3) is 2.69. The average Bonchev–Trinajstić information content (AvgIpc) is 2.59. The number of rotatable bonds is 3. The molecule has 1 aromatic carbocycles. The van der Waals surface area contributed by atoms with Gasteiger partial charge in [-0.3, -0.25) is 4.68 Å². The Balaban J connectivity index is 2.45. The summed E-state index contributed by atoms with van der Waals surface area (Å²) >= 11 is 0. The van der Waals surface area contributed by atoms with Gasteiger partial charge in [-0.25, -0.2) is 13.6 Å². The number of hydrogen-bond acceptors (Lipinski definition) is 5. The monoisotopic (exact) mass is 281 g/mol. The maximum Gasteiger partial charge on any atom is 0.240 e. The van der Waals surface area contributed by atoms with E-state index in [0.29, 0.717) is 5.69 Å². The molecule has 0 aliphatic rings. The van der Waals surface area contributed by atoms with Crippen LogP contribution in [0.4, 0.5) is 17.1 Å². The quantitative estimate of drug-likeness (QED) is 0.716. The molecule has 0 spiro atoms. The van der Waals surface area contributed by atoms with Crippen molar-refractivity contribution in [2.24, 2.45) is 12.2 Å². The molecule has 8 heteroatoms. The third-order valence-electron chi connectivity index (χ3n) is 2.66. The number of hydrogen-bond donors (Lipinski definition) is 3. The van der Waals surface area contributed by atoms with Crippen molar-refractivity contribution in [3.8, 4) is 0 Å². The van der Waals surface area contributed by atoms with Crippen LogP contribution >= 0.6 is 0 Å². The number of anilines is 3. The normalized spacial score (nSPS) is 11.5. The predicted octanol–water partition coefficient (Wildman–Crippen LogP) is 0.702. The average molecular weight is 281 g/mol. The molecule has 1 heterocycles. The van der Waals surface area contributed by atoms with Gasteiger partial charge in [-0.15, -0.1) is 0 Å². The predicted molar refractivity (Wildman–Crippen MR) is 73.5 cm³/mol. The first kappa shape index (κ1) is 13.4. The van der Waals surface area contributed by atoms with E-state index in [2.05, 4.69) is 10.4 Å². The highest BCUT2D eigenvalue weighted by Crippen LogP contribution is 2.29. The lowest BCUT2D eigenvalue weighted by Crippen LogP contribution is -2.15. The van der Waals surface area contributed by atoms with Crippen molar-refractivity contribution in [3.05, 3.63) is 30.1 Å². The van der Waals surface area contributed by atoms with Crippen molar-refractivity contribution in [2.75, 3.05) is 11.1 Å². The standard InChI is InChI=1S/C11H15N5O2S/c1-7-9(6-16(2)15-7)14-8-4-3-5-10(11(8)12)19(13,17)18/h3-6,14H,12H2,1-2H3,(H2,13,17,18). The number of aromatic nitrogens is 2. The lowest BCUT2D eigenvalue weighted by Gasteiger charge is -2.11. The van der Waals surface area contributed by atoms with Crippen LogP contribution in [0.3, 0.4) is 0 Å². The van der Waals surface area contributed by atoms with Gasteiger partial charge in [-0.1, -0.05) is 6.07 Å². The van der Waals surface area contributed by atoms with E-state index >= 15 is 0 Å². The van der Waals surface area contributed by atoms with E-state index in [9.17, 15) is 8.42 Å². The molecular weight excluding hydrogens is 266 g/mol. The van der Waals surface area contributed by atoms with Crippen LogP contribution < -0.4 is 16.2 Å². The maximum atomic E-state index is 11.4. The molecule has 5 N–H and O–H groups in total. The fraction of sp³-hybridized carbons (Fsp3) is 0.182. The van der Waals surface area contributed by atoms with E-state index < -0.39 is 10.0 Å². The summed E-state index contributed by atoms with van der Waals surface area (Å²) in [5, 5.41) is 12.3. The fourth-order valence-electron chi connectivity index (χ4n) is 1.77. The number of benzene rings is 1. The van der Waals surface area contributed by atoms with Crippen LogP contribution in [0, 0.1) is 6.92 Å². The van der Waals surface area contributed by atoms with Crippen molar-refractivity contribution in [1.82, 2.24) is 9.78 Å². The summed E-state index contributed by atoms with van der Waals surface area (Å²) in [7, 11) is -2.05. The minimum absolute atomic E-state index is 0.0910. The second-order valence-electron chi connectivity index (χ2n) is 4.19. The highest BCUT2D eigenvalue weighted by atomic mass is 32.2. The van der Waals surface area contributed by atoms with E-state index in [1.807, 2.05) is 6.92 Å². The molecule has 0 fully saturated rings. The van der Waals surface area contributed by atoms with Gasteiger partial charge in [0.1, 0.15) is 4.90 Å². The van der Waals surface area contributed by atoms with Crippen LogP contribution in [0.25, 0.3) is 0 Å². The highest BCUT2D eigenvalue weighted by Gasteiger charge is 2.15. The zero-order valence-corrected chi connectivity index (χ0v) is 11.4. The summed E-state index contributed by atoms with van der Waals surface area (Å²) in [6, 6.07) is 4.62. The van der Waals surface area contributed by atoms with E-state index in [1.54, 1.807) is 30.1 Å². The van der Waals surface area contributed by atoms with Gasteiger partial charge >= 0.3 is 0 Å². The summed E-state index contributed by atoms with van der Waals surface area (Å²) in [4.78, 5) is -0.0981. The molecule has 7 nitrogen and oxygen atoms in total. The van der Waals surface area contributed by atoms with Gasteiger partial charge in [0.2, 0.25) is 10.0 Å². The molecule has 0 atom stereocenters. The second-order valence-corrected chi connectivity index (χ2v) is 5.72. The zero-order chi connectivity index (χ0) is 14.2.